The topological polar surface area (TPSA) is 61.4 Å². The normalized spacial score (nSPS) is 23.2. The Labute approximate surface area is 144 Å². The maximum absolute atomic E-state index is 12.4. The minimum absolute atomic E-state index is 0.128. The Balaban J connectivity index is 1.37. The van der Waals surface area contributed by atoms with Gasteiger partial charge in [0, 0.05) is 50.5 Å². The lowest BCUT2D eigenvalue weighted by molar-refractivity contribution is -0.125. The van der Waals surface area contributed by atoms with Crippen LogP contribution in [0.4, 0.5) is 5.95 Å². The third kappa shape index (κ3) is 4.44. The first kappa shape index (κ1) is 17.1. The summed E-state index contributed by atoms with van der Waals surface area (Å²) in [6.07, 6.45) is 9.21. The number of hydrogen-bond donors (Lipinski definition) is 1. The van der Waals surface area contributed by atoms with Crippen molar-refractivity contribution in [3.8, 4) is 0 Å². The van der Waals surface area contributed by atoms with Gasteiger partial charge in [0.2, 0.25) is 11.9 Å². The summed E-state index contributed by atoms with van der Waals surface area (Å²) < 4.78 is 0. The molecule has 3 heterocycles. The number of nitrogens with zero attached hydrogens (tertiary/aromatic N) is 4. The zero-order valence-corrected chi connectivity index (χ0v) is 14.7. The van der Waals surface area contributed by atoms with Crippen molar-refractivity contribution in [3.05, 3.63) is 18.5 Å². The van der Waals surface area contributed by atoms with Crippen LogP contribution in [-0.2, 0) is 4.79 Å². The molecule has 3 rings (SSSR count). The number of carbonyl (C=O) groups is 1. The quantitative estimate of drug-likeness (QED) is 0.889. The zero-order valence-electron chi connectivity index (χ0n) is 14.7. The minimum Gasteiger partial charge on any atom is -0.355 e. The van der Waals surface area contributed by atoms with Gasteiger partial charge in [-0.05, 0) is 45.2 Å². The summed E-state index contributed by atoms with van der Waals surface area (Å²) in [5, 5.41) is 3.14. The molecule has 1 N–H and O–H groups in total. The molecule has 1 atom stereocenters. The highest BCUT2D eigenvalue weighted by molar-refractivity contribution is 5.78. The molecule has 0 spiro atoms. The smallest absolute Gasteiger partial charge is 0.225 e. The molecule has 1 aromatic heterocycles. The van der Waals surface area contributed by atoms with E-state index in [2.05, 4.69) is 32.0 Å². The van der Waals surface area contributed by atoms with Gasteiger partial charge in [0.15, 0.2) is 0 Å². The second-order valence-electron chi connectivity index (χ2n) is 6.98. The van der Waals surface area contributed by atoms with Crippen molar-refractivity contribution in [1.82, 2.24) is 20.2 Å². The van der Waals surface area contributed by atoms with Gasteiger partial charge in [-0.15, -0.1) is 0 Å². The largest absolute Gasteiger partial charge is 0.355 e. The van der Waals surface area contributed by atoms with Crippen molar-refractivity contribution in [2.75, 3.05) is 37.6 Å². The Bertz CT molecular complexity index is 515. The lowest BCUT2D eigenvalue weighted by Crippen LogP contribution is -2.45. The average molecular weight is 331 g/mol. The van der Waals surface area contributed by atoms with E-state index in [1.807, 2.05) is 6.07 Å². The number of nitrogens with one attached hydrogen (secondary N) is 1. The summed E-state index contributed by atoms with van der Waals surface area (Å²) in [5.74, 6) is 1.12. The van der Waals surface area contributed by atoms with Gasteiger partial charge in [0.1, 0.15) is 0 Å². The Morgan fingerprint density at radius 1 is 1.17 bits per heavy atom. The molecule has 6 heteroatoms. The second kappa shape index (κ2) is 8.42. The molecule has 2 saturated heterocycles. The lowest BCUT2D eigenvalue weighted by Gasteiger charge is -2.34. The van der Waals surface area contributed by atoms with Crippen LogP contribution in [0.5, 0.6) is 0 Å². The van der Waals surface area contributed by atoms with E-state index in [-0.39, 0.29) is 11.8 Å². The molecule has 1 amide bonds. The Morgan fingerprint density at radius 3 is 2.62 bits per heavy atom. The standard InChI is InChI=1S/C18H29N5O/c1-15-5-2-3-11-22(15)14-10-19-17(24)16-6-12-23(13-7-16)18-20-8-4-9-21-18/h4,8-9,15-16H,2-3,5-7,10-14H2,1H3,(H,19,24)/t15-/m0/s1. The van der Waals surface area contributed by atoms with Gasteiger partial charge in [-0.3, -0.25) is 9.69 Å². The van der Waals surface area contributed by atoms with E-state index >= 15 is 0 Å². The molecule has 1 aromatic rings. The fraction of sp³-hybridized carbons (Fsp3) is 0.722. The number of likely N-dealkylation sites (tertiary alicyclic amines) is 1. The van der Waals surface area contributed by atoms with E-state index in [4.69, 9.17) is 0 Å². The van der Waals surface area contributed by atoms with Crippen LogP contribution >= 0.6 is 0 Å². The van der Waals surface area contributed by atoms with Gasteiger partial charge >= 0.3 is 0 Å². The van der Waals surface area contributed by atoms with Gasteiger partial charge in [0.25, 0.3) is 0 Å². The van der Waals surface area contributed by atoms with Gasteiger partial charge in [-0.2, -0.15) is 0 Å². The van der Waals surface area contributed by atoms with Crippen LogP contribution < -0.4 is 10.2 Å². The first-order valence-corrected chi connectivity index (χ1v) is 9.28. The van der Waals surface area contributed by atoms with Crippen LogP contribution in [0, 0.1) is 5.92 Å². The molecule has 0 aliphatic carbocycles. The van der Waals surface area contributed by atoms with Gasteiger partial charge in [0.05, 0.1) is 0 Å². The lowest BCUT2D eigenvalue weighted by atomic mass is 9.96. The van der Waals surface area contributed by atoms with E-state index in [1.54, 1.807) is 12.4 Å². The fourth-order valence-electron chi connectivity index (χ4n) is 3.75. The molecular weight excluding hydrogens is 302 g/mol. The van der Waals surface area contributed by atoms with Gasteiger partial charge < -0.3 is 10.2 Å². The highest BCUT2D eigenvalue weighted by Gasteiger charge is 2.26. The summed E-state index contributed by atoms with van der Waals surface area (Å²) in [7, 11) is 0. The van der Waals surface area contributed by atoms with E-state index in [0.717, 1.165) is 45.0 Å². The van der Waals surface area contributed by atoms with E-state index in [1.165, 1.54) is 25.8 Å². The number of rotatable bonds is 5. The Morgan fingerprint density at radius 2 is 1.92 bits per heavy atom. The van der Waals surface area contributed by atoms with Crippen molar-refractivity contribution in [1.29, 1.82) is 0 Å². The number of carbonyl (C=O) groups excluding carboxylic acids is 1. The Kier molecular flexibility index (Phi) is 6.01. The third-order valence-electron chi connectivity index (χ3n) is 5.34. The van der Waals surface area contributed by atoms with E-state index < -0.39 is 0 Å². The summed E-state index contributed by atoms with van der Waals surface area (Å²) >= 11 is 0. The number of amides is 1. The van der Waals surface area contributed by atoms with Crippen LogP contribution in [0.25, 0.3) is 0 Å². The molecule has 2 aliphatic heterocycles. The molecular formula is C18H29N5O. The maximum atomic E-state index is 12.4. The molecule has 24 heavy (non-hydrogen) atoms. The first-order chi connectivity index (χ1) is 11.7. The number of aromatic nitrogens is 2. The fourth-order valence-corrected chi connectivity index (χ4v) is 3.75. The molecule has 0 radical (unpaired) electrons. The summed E-state index contributed by atoms with van der Waals surface area (Å²) in [5.41, 5.74) is 0. The zero-order chi connectivity index (χ0) is 16.8. The molecule has 2 aliphatic rings. The molecule has 0 aromatic carbocycles. The van der Waals surface area contributed by atoms with Crippen molar-refractivity contribution in [3.63, 3.8) is 0 Å². The number of hydrogen-bond acceptors (Lipinski definition) is 5. The van der Waals surface area contributed by atoms with Crippen molar-refractivity contribution >= 4 is 11.9 Å². The molecule has 0 bridgehead atoms. The van der Waals surface area contributed by atoms with Crippen molar-refractivity contribution in [2.24, 2.45) is 5.92 Å². The number of piperidine rings is 2. The summed E-state index contributed by atoms with van der Waals surface area (Å²) in [4.78, 5) is 25.6. The van der Waals surface area contributed by atoms with Crippen molar-refractivity contribution in [2.45, 2.75) is 45.1 Å². The molecule has 0 saturated carbocycles. The van der Waals surface area contributed by atoms with Gasteiger partial charge in [-0.25, -0.2) is 9.97 Å². The highest BCUT2D eigenvalue weighted by Crippen LogP contribution is 2.20. The van der Waals surface area contributed by atoms with Gasteiger partial charge in [-0.1, -0.05) is 6.42 Å². The monoisotopic (exact) mass is 331 g/mol. The second-order valence-corrected chi connectivity index (χ2v) is 6.98. The maximum Gasteiger partial charge on any atom is 0.225 e. The molecule has 6 nitrogen and oxygen atoms in total. The SMILES string of the molecule is C[C@H]1CCCCN1CCNC(=O)C1CCN(c2ncccn2)CC1. The van der Waals surface area contributed by atoms with Crippen LogP contribution in [0.3, 0.4) is 0 Å². The molecule has 132 valence electrons. The molecule has 0 unspecified atom stereocenters. The predicted octanol–water partition coefficient (Wildman–Crippen LogP) is 1.68. The van der Waals surface area contributed by atoms with E-state index in [9.17, 15) is 4.79 Å². The summed E-state index contributed by atoms with van der Waals surface area (Å²) in [6, 6.07) is 2.48. The number of anilines is 1. The van der Waals surface area contributed by atoms with E-state index in [0.29, 0.717) is 6.04 Å². The minimum atomic E-state index is 0.128. The average Bonchev–Trinajstić information content (AvgIpc) is 2.64. The Hall–Kier alpha value is -1.69. The first-order valence-electron chi connectivity index (χ1n) is 9.28. The summed E-state index contributed by atoms with van der Waals surface area (Å²) in [6.45, 7) is 6.92. The van der Waals surface area contributed by atoms with Crippen LogP contribution in [0.15, 0.2) is 18.5 Å². The van der Waals surface area contributed by atoms with Crippen molar-refractivity contribution < 1.29 is 4.79 Å². The molecule has 2 fully saturated rings. The van der Waals surface area contributed by atoms with Crippen LogP contribution in [0.2, 0.25) is 0 Å². The highest BCUT2D eigenvalue weighted by atomic mass is 16.1. The third-order valence-corrected chi connectivity index (χ3v) is 5.34. The van der Waals surface area contributed by atoms with Crippen LogP contribution in [0.1, 0.15) is 39.0 Å². The van der Waals surface area contributed by atoms with Crippen LogP contribution in [-0.4, -0.2) is 59.5 Å². The predicted molar refractivity (Wildman–Crippen MR) is 94.9 cm³/mol.